The van der Waals surface area contributed by atoms with E-state index in [0.717, 1.165) is 16.6 Å². The minimum absolute atomic E-state index is 0.000731. The molecule has 3 rings (SSSR count). The summed E-state index contributed by atoms with van der Waals surface area (Å²) in [7, 11) is 0. The molecule has 0 saturated carbocycles. The van der Waals surface area contributed by atoms with E-state index >= 15 is 0 Å². The first-order valence-electron chi connectivity index (χ1n) is 9.31. The third kappa shape index (κ3) is 3.80. The van der Waals surface area contributed by atoms with E-state index in [2.05, 4.69) is 0 Å². The Morgan fingerprint density at radius 3 is 2.22 bits per heavy atom. The number of fused-ring (bicyclic) bond motifs is 1. The SMILES string of the molecule is CCN(C(=O)Cn1cc(C(=O)C(C)(C)C)c2ccccc21)c1ccccc1. The third-order valence-corrected chi connectivity index (χ3v) is 4.71. The summed E-state index contributed by atoms with van der Waals surface area (Å²) in [6.07, 6.45) is 1.83. The lowest BCUT2D eigenvalue weighted by molar-refractivity contribution is -0.119. The van der Waals surface area contributed by atoms with Crippen LogP contribution in [-0.4, -0.2) is 22.8 Å². The van der Waals surface area contributed by atoms with Gasteiger partial charge in [0.05, 0.1) is 0 Å². The molecule has 0 unspecified atom stereocenters. The van der Waals surface area contributed by atoms with Crippen LogP contribution in [0.5, 0.6) is 0 Å². The van der Waals surface area contributed by atoms with Gasteiger partial charge in [-0.2, -0.15) is 0 Å². The van der Waals surface area contributed by atoms with Crippen molar-refractivity contribution < 1.29 is 9.59 Å². The van der Waals surface area contributed by atoms with Crippen molar-refractivity contribution in [3.63, 3.8) is 0 Å². The minimum atomic E-state index is -0.474. The summed E-state index contributed by atoms with van der Waals surface area (Å²) < 4.78 is 1.89. The summed E-state index contributed by atoms with van der Waals surface area (Å²) in [5, 5.41) is 0.896. The van der Waals surface area contributed by atoms with Crippen molar-refractivity contribution in [3.8, 4) is 0 Å². The number of benzene rings is 2. The number of aromatic nitrogens is 1. The molecule has 27 heavy (non-hydrogen) atoms. The first-order valence-corrected chi connectivity index (χ1v) is 9.31. The lowest BCUT2D eigenvalue weighted by Gasteiger charge is -2.21. The Kier molecular flexibility index (Phi) is 5.17. The zero-order chi connectivity index (χ0) is 19.6. The summed E-state index contributed by atoms with van der Waals surface area (Å²) in [5.41, 5.74) is 1.99. The molecule has 0 spiro atoms. The lowest BCUT2D eigenvalue weighted by atomic mass is 9.86. The van der Waals surface area contributed by atoms with Crippen LogP contribution in [0.2, 0.25) is 0 Å². The van der Waals surface area contributed by atoms with Crippen molar-refractivity contribution in [3.05, 3.63) is 66.4 Å². The van der Waals surface area contributed by atoms with E-state index in [0.29, 0.717) is 12.1 Å². The van der Waals surface area contributed by atoms with Gasteiger partial charge in [-0.05, 0) is 25.1 Å². The monoisotopic (exact) mass is 362 g/mol. The van der Waals surface area contributed by atoms with Crippen molar-refractivity contribution in [2.45, 2.75) is 34.2 Å². The van der Waals surface area contributed by atoms with Crippen LogP contribution in [-0.2, 0) is 11.3 Å². The van der Waals surface area contributed by atoms with Crippen LogP contribution < -0.4 is 4.90 Å². The van der Waals surface area contributed by atoms with Crippen LogP contribution in [0.15, 0.2) is 60.8 Å². The van der Waals surface area contributed by atoms with E-state index in [1.807, 2.05) is 93.1 Å². The number of amides is 1. The molecule has 3 aromatic rings. The summed E-state index contributed by atoms with van der Waals surface area (Å²) in [6, 6.07) is 17.4. The van der Waals surface area contributed by atoms with Gasteiger partial charge in [-0.15, -0.1) is 0 Å². The maximum atomic E-state index is 13.0. The Morgan fingerprint density at radius 2 is 1.59 bits per heavy atom. The predicted octanol–water partition coefficient (Wildman–Crippen LogP) is 4.92. The quantitative estimate of drug-likeness (QED) is 0.604. The molecule has 1 aromatic heterocycles. The number of anilines is 1. The van der Waals surface area contributed by atoms with Crippen molar-refractivity contribution in [2.75, 3.05) is 11.4 Å². The first-order chi connectivity index (χ1) is 12.8. The average molecular weight is 362 g/mol. The van der Waals surface area contributed by atoms with Gasteiger partial charge in [-0.1, -0.05) is 57.2 Å². The number of nitrogens with zero attached hydrogens (tertiary/aromatic N) is 2. The molecule has 140 valence electrons. The normalized spacial score (nSPS) is 11.6. The van der Waals surface area contributed by atoms with Gasteiger partial charge in [-0.25, -0.2) is 0 Å². The standard InChI is InChI=1S/C23H26N2O2/c1-5-25(17-11-7-6-8-12-17)21(26)16-24-15-19(22(27)23(2,3)4)18-13-9-10-14-20(18)24/h6-15H,5,16H2,1-4H3. The first kappa shape index (κ1) is 18.9. The summed E-state index contributed by atoms with van der Waals surface area (Å²) in [4.78, 5) is 27.6. The summed E-state index contributed by atoms with van der Waals surface area (Å²) in [5.74, 6) is 0.0829. The summed E-state index contributed by atoms with van der Waals surface area (Å²) >= 11 is 0. The van der Waals surface area contributed by atoms with E-state index in [1.54, 1.807) is 4.90 Å². The molecular formula is C23H26N2O2. The number of hydrogen-bond donors (Lipinski definition) is 0. The van der Waals surface area contributed by atoms with Crippen LogP contribution in [0.3, 0.4) is 0 Å². The predicted molar refractivity (Wildman–Crippen MR) is 110 cm³/mol. The van der Waals surface area contributed by atoms with E-state index < -0.39 is 5.41 Å². The van der Waals surface area contributed by atoms with Crippen molar-refractivity contribution in [2.24, 2.45) is 5.41 Å². The average Bonchev–Trinajstić information content (AvgIpc) is 3.00. The molecule has 4 heteroatoms. The van der Waals surface area contributed by atoms with Gasteiger partial charge in [0.25, 0.3) is 0 Å². The Labute approximate surface area is 160 Å². The largest absolute Gasteiger partial charge is 0.337 e. The smallest absolute Gasteiger partial charge is 0.246 e. The van der Waals surface area contributed by atoms with Gasteiger partial charge in [0.15, 0.2) is 5.78 Å². The molecule has 0 aliphatic rings. The number of Topliss-reactive ketones (excluding diaryl/α,β-unsaturated/α-hetero) is 1. The molecule has 0 atom stereocenters. The molecule has 1 heterocycles. The van der Waals surface area contributed by atoms with Crippen LogP contribution in [0.4, 0.5) is 5.69 Å². The second-order valence-corrected chi connectivity index (χ2v) is 7.74. The zero-order valence-corrected chi connectivity index (χ0v) is 16.4. The van der Waals surface area contributed by atoms with E-state index in [4.69, 9.17) is 0 Å². The van der Waals surface area contributed by atoms with Gasteiger partial charge >= 0.3 is 0 Å². The van der Waals surface area contributed by atoms with E-state index in [-0.39, 0.29) is 18.2 Å². The maximum absolute atomic E-state index is 13.0. The number of likely N-dealkylation sites (N-methyl/N-ethyl adjacent to an activating group) is 1. The van der Waals surface area contributed by atoms with E-state index in [1.165, 1.54) is 0 Å². The number of para-hydroxylation sites is 2. The van der Waals surface area contributed by atoms with E-state index in [9.17, 15) is 9.59 Å². The number of carbonyl (C=O) groups is 2. The molecule has 1 amide bonds. The highest BCUT2D eigenvalue weighted by molar-refractivity contribution is 6.10. The molecule has 0 aliphatic carbocycles. The Bertz CT molecular complexity index is 965. The molecule has 0 radical (unpaired) electrons. The van der Waals surface area contributed by atoms with Crippen LogP contribution in [0, 0.1) is 5.41 Å². The number of rotatable bonds is 5. The third-order valence-electron chi connectivity index (χ3n) is 4.71. The lowest BCUT2D eigenvalue weighted by Crippen LogP contribution is -2.33. The van der Waals surface area contributed by atoms with Crippen LogP contribution in [0.25, 0.3) is 10.9 Å². The number of ketones is 1. The Morgan fingerprint density at radius 1 is 0.963 bits per heavy atom. The molecule has 0 N–H and O–H groups in total. The van der Waals surface area contributed by atoms with Crippen LogP contribution in [0.1, 0.15) is 38.1 Å². The topological polar surface area (TPSA) is 42.3 Å². The highest BCUT2D eigenvalue weighted by Gasteiger charge is 2.27. The van der Waals surface area contributed by atoms with Gasteiger partial charge in [-0.3, -0.25) is 9.59 Å². The van der Waals surface area contributed by atoms with Crippen molar-refractivity contribution in [1.82, 2.24) is 4.57 Å². The fourth-order valence-electron chi connectivity index (χ4n) is 3.30. The van der Waals surface area contributed by atoms with Gasteiger partial charge in [0.1, 0.15) is 6.54 Å². The molecule has 0 fully saturated rings. The molecule has 0 bridgehead atoms. The molecule has 0 saturated heterocycles. The molecular weight excluding hydrogens is 336 g/mol. The van der Waals surface area contributed by atoms with Crippen LogP contribution >= 0.6 is 0 Å². The van der Waals surface area contributed by atoms with Crippen molar-refractivity contribution in [1.29, 1.82) is 0 Å². The highest BCUT2D eigenvalue weighted by Crippen LogP contribution is 2.28. The summed E-state index contributed by atoms with van der Waals surface area (Å²) in [6.45, 7) is 8.51. The number of hydrogen-bond acceptors (Lipinski definition) is 2. The van der Waals surface area contributed by atoms with Gasteiger partial charge in [0, 0.05) is 40.3 Å². The zero-order valence-electron chi connectivity index (χ0n) is 16.4. The Balaban J connectivity index is 1.98. The van der Waals surface area contributed by atoms with Gasteiger partial charge in [0.2, 0.25) is 5.91 Å². The highest BCUT2D eigenvalue weighted by atomic mass is 16.2. The maximum Gasteiger partial charge on any atom is 0.246 e. The Hall–Kier alpha value is -2.88. The fraction of sp³-hybridized carbons (Fsp3) is 0.304. The second kappa shape index (κ2) is 7.39. The molecule has 0 aliphatic heterocycles. The van der Waals surface area contributed by atoms with Crippen molar-refractivity contribution >= 4 is 28.3 Å². The molecule has 4 nitrogen and oxygen atoms in total. The molecule has 2 aromatic carbocycles. The fourth-order valence-corrected chi connectivity index (χ4v) is 3.30. The second-order valence-electron chi connectivity index (χ2n) is 7.74. The minimum Gasteiger partial charge on any atom is -0.337 e. The van der Waals surface area contributed by atoms with Gasteiger partial charge < -0.3 is 9.47 Å². The number of carbonyl (C=O) groups excluding carboxylic acids is 2.